The molecule has 3 heteroatoms. The van der Waals surface area contributed by atoms with Gasteiger partial charge in [-0.15, -0.1) is 0 Å². The molecule has 116 valence electrons. The highest BCUT2D eigenvalue weighted by Gasteiger charge is 2.16. The minimum absolute atomic E-state index is 0.0966. The fraction of sp³-hybridized carbons (Fsp3) is 0.421. The normalized spacial score (nSPS) is 17.2. The lowest BCUT2D eigenvalue weighted by molar-refractivity contribution is 0.444. The van der Waals surface area contributed by atoms with Crippen LogP contribution in [0.1, 0.15) is 30.4 Å². The SMILES string of the molecule is O=c1ccccn1CCCCNC1CCc2ccccc2C1. The van der Waals surface area contributed by atoms with Crippen LogP contribution >= 0.6 is 0 Å². The van der Waals surface area contributed by atoms with Crippen molar-refractivity contribution in [1.82, 2.24) is 9.88 Å². The quantitative estimate of drug-likeness (QED) is 0.832. The van der Waals surface area contributed by atoms with Gasteiger partial charge in [-0.1, -0.05) is 30.3 Å². The van der Waals surface area contributed by atoms with Gasteiger partial charge in [0, 0.05) is 24.8 Å². The highest BCUT2D eigenvalue weighted by Crippen LogP contribution is 2.20. The van der Waals surface area contributed by atoms with Crippen LogP contribution in [0.5, 0.6) is 0 Å². The van der Waals surface area contributed by atoms with Crippen LogP contribution in [0.2, 0.25) is 0 Å². The van der Waals surface area contributed by atoms with Crippen LogP contribution in [0, 0.1) is 0 Å². The molecule has 1 heterocycles. The zero-order valence-corrected chi connectivity index (χ0v) is 13.0. The molecule has 1 aromatic carbocycles. The van der Waals surface area contributed by atoms with E-state index >= 15 is 0 Å². The summed E-state index contributed by atoms with van der Waals surface area (Å²) in [6.07, 6.45) is 7.59. The van der Waals surface area contributed by atoms with Crippen molar-refractivity contribution in [1.29, 1.82) is 0 Å². The Hall–Kier alpha value is -1.87. The van der Waals surface area contributed by atoms with Crippen molar-refractivity contribution in [2.24, 2.45) is 0 Å². The topological polar surface area (TPSA) is 34.0 Å². The van der Waals surface area contributed by atoms with Gasteiger partial charge < -0.3 is 9.88 Å². The van der Waals surface area contributed by atoms with Gasteiger partial charge >= 0.3 is 0 Å². The van der Waals surface area contributed by atoms with Gasteiger partial charge in [0.05, 0.1) is 0 Å². The van der Waals surface area contributed by atoms with E-state index in [1.54, 1.807) is 16.7 Å². The second-order valence-electron chi connectivity index (χ2n) is 6.10. The predicted octanol–water partition coefficient (Wildman–Crippen LogP) is 2.78. The summed E-state index contributed by atoms with van der Waals surface area (Å²) >= 11 is 0. The van der Waals surface area contributed by atoms with Crippen LogP contribution in [0.15, 0.2) is 53.5 Å². The molecule has 1 atom stereocenters. The molecular formula is C19H24N2O. The third kappa shape index (κ3) is 3.86. The molecular weight excluding hydrogens is 272 g/mol. The lowest BCUT2D eigenvalue weighted by Crippen LogP contribution is -2.35. The van der Waals surface area contributed by atoms with E-state index in [1.165, 1.54) is 24.0 Å². The third-order valence-electron chi connectivity index (χ3n) is 4.50. The van der Waals surface area contributed by atoms with Crippen LogP contribution < -0.4 is 10.9 Å². The van der Waals surface area contributed by atoms with Gasteiger partial charge in [0.1, 0.15) is 0 Å². The van der Waals surface area contributed by atoms with Crippen molar-refractivity contribution in [2.45, 2.75) is 44.7 Å². The zero-order chi connectivity index (χ0) is 15.2. The molecule has 22 heavy (non-hydrogen) atoms. The first-order chi connectivity index (χ1) is 10.8. The van der Waals surface area contributed by atoms with E-state index in [-0.39, 0.29) is 5.56 Å². The Kier molecular flexibility index (Phi) is 5.07. The van der Waals surface area contributed by atoms with Crippen molar-refractivity contribution in [2.75, 3.05) is 6.54 Å². The lowest BCUT2D eigenvalue weighted by Gasteiger charge is -2.25. The number of nitrogens with zero attached hydrogens (tertiary/aromatic N) is 1. The average Bonchev–Trinajstić information content (AvgIpc) is 2.56. The maximum absolute atomic E-state index is 11.6. The summed E-state index contributed by atoms with van der Waals surface area (Å²) in [4.78, 5) is 11.6. The Labute approximate surface area is 132 Å². The molecule has 0 bridgehead atoms. The number of hydrogen-bond acceptors (Lipinski definition) is 2. The highest BCUT2D eigenvalue weighted by atomic mass is 16.1. The Morgan fingerprint density at radius 3 is 2.73 bits per heavy atom. The van der Waals surface area contributed by atoms with Crippen molar-refractivity contribution in [3.05, 3.63) is 70.1 Å². The number of pyridine rings is 1. The van der Waals surface area contributed by atoms with Gasteiger partial charge in [-0.05, 0) is 55.8 Å². The van der Waals surface area contributed by atoms with Gasteiger partial charge in [0.15, 0.2) is 0 Å². The molecule has 1 aliphatic carbocycles. The summed E-state index contributed by atoms with van der Waals surface area (Å²) in [5.41, 5.74) is 3.12. The number of benzene rings is 1. The minimum Gasteiger partial charge on any atom is -0.316 e. The number of unbranched alkanes of at least 4 members (excludes halogenated alkanes) is 1. The van der Waals surface area contributed by atoms with Gasteiger partial charge in [0.2, 0.25) is 5.56 Å². The van der Waals surface area contributed by atoms with Crippen LogP contribution in [0.25, 0.3) is 0 Å². The Balaban J connectivity index is 1.38. The molecule has 1 aliphatic rings. The average molecular weight is 296 g/mol. The zero-order valence-electron chi connectivity index (χ0n) is 13.0. The largest absolute Gasteiger partial charge is 0.316 e. The molecule has 0 aliphatic heterocycles. The Morgan fingerprint density at radius 1 is 1.05 bits per heavy atom. The molecule has 2 aromatic rings. The predicted molar refractivity (Wildman–Crippen MR) is 90.2 cm³/mol. The molecule has 3 rings (SSSR count). The second kappa shape index (κ2) is 7.41. The molecule has 0 saturated heterocycles. The molecule has 1 unspecified atom stereocenters. The molecule has 0 spiro atoms. The molecule has 0 fully saturated rings. The maximum Gasteiger partial charge on any atom is 0.250 e. The van der Waals surface area contributed by atoms with Crippen LogP contribution in [0.3, 0.4) is 0 Å². The molecule has 0 radical (unpaired) electrons. The van der Waals surface area contributed by atoms with Gasteiger partial charge in [0.25, 0.3) is 0 Å². The molecule has 1 aromatic heterocycles. The van der Waals surface area contributed by atoms with Crippen LogP contribution in [-0.2, 0) is 19.4 Å². The first-order valence-corrected chi connectivity index (χ1v) is 8.28. The summed E-state index contributed by atoms with van der Waals surface area (Å²) in [6.45, 7) is 1.85. The van der Waals surface area contributed by atoms with Crippen molar-refractivity contribution >= 4 is 0 Å². The number of nitrogens with one attached hydrogen (secondary N) is 1. The smallest absolute Gasteiger partial charge is 0.250 e. The number of aromatic nitrogens is 1. The van der Waals surface area contributed by atoms with Crippen molar-refractivity contribution in [3.63, 3.8) is 0 Å². The van der Waals surface area contributed by atoms with Gasteiger partial charge in [-0.25, -0.2) is 0 Å². The monoisotopic (exact) mass is 296 g/mol. The van der Waals surface area contributed by atoms with E-state index in [0.29, 0.717) is 6.04 Å². The van der Waals surface area contributed by atoms with Gasteiger partial charge in [-0.3, -0.25) is 4.79 Å². The van der Waals surface area contributed by atoms with Gasteiger partial charge in [-0.2, -0.15) is 0 Å². The highest BCUT2D eigenvalue weighted by molar-refractivity contribution is 5.30. The summed E-state index contributed by atoms with van der Waals surface area (Å²) in [7, 11) is 0. The number of hydrogen-bond donors (Lipinski definition) is 1. The first kappa shape index (κ1) is 15.0. The molecule has 1 N–H and O–H groups in total. The minimum atomic E-state index is 0.0966. The van der Waals surface area contributed by atoms with Crippen molar-refractivity contribution < 1.29 is 0 Å². The van der Waals surface area contributed by atoms with E-state index in [0.717, 1.165) is 32.4 Å². The van der Waals surface area contributed by atoms with Crippen molar-refractivity contribution in [3.8, 4) is 0 Å². The standard InChI is InChI=1S/C19H24N2O/c22-19-9-3-5-13-21(19)14-6-4-12-20-18-11-10-16-7-1-2-8-17(16)15-18/h1-3,5,7-9,13,18,20H,4,6,10-12,14-15H2. The number of fused-ring (bicyclic) bond motifs is 1. The second-order valence-corrected chi connectivity index (χ2v) is 6.10. The van der Waals surface area contributed by atoms with Crippen LogP contribution in [0.4, 0.5) is 0 Å². The number of aryl methyl sites for hydroxylation is 2. The lowest BCUT2D eigenvalue weighted by atomic mass is 9.88. The molecule has 3 nitrogen and oxygen atoms in total. The Morgan fingerprint density at radius 2 is 1.86 bits per heavy atom. The van der Waals surface area contributed by atoms with Crippen LogP contribution in [-0.4, -0.2) is 17.2 Å². The summed E-state index contributed by atoms with van der Waals surface area (Å²) in [6, 6.07) is 14.7. The summed E-state index contributed by atoms with van der Waals surface area (Å²) in [5, 5.41) is 3.68. The fourth-order valence-corrected chi connectivity index (χ4v) is 3.23. The summed E-state index contributed by atoms with van der Waals surface area (Å²) in [5.74, 6) is 0. The molecule has 0 saturated carbocycles. The number of rotatable bonds is 6. The maximum atomic E-state index is 11.6. The van der Waals surface area contributed by atoms with E-state index in [9.17, 15) is 4.79 Å². The first-order valence-electron chi connectivity index (χ1n) is 8.28. The van der Waals surface area contributed by atoms with E-state index in [4.69, 9.17) is 0 Å². The molecule has 0 amide bonds. The summed E-state index contributed by atoms with van der Waals surface area (Å²) < 4.78 is 1.79. The fourth-order valence-electron chi connectivity index (χ4n) is 3.23. The van der Waals surface area contributed by atoms with E-state index in [1.807, 2.05) is 12.3 Å². The van der Waals surface area contributed by atoms with E-state index < -0.39 is 0 Å². The Bertz CT molecular complexity index is 662. The van der Waals surface area contributed by atoms with E-state index in [2.05, 4.69) is 29.6 Å². The third-order valence-corrected chi connectivity index (χ3v) is 4.50.